The molecule has 0 amide bonds. The lowest BCUT2D eigenvalue weighted by Crippen LogP contribution is -2.04. The van der Waals surface area contributed by atoms with E-state index in [0.717, 1.165) is 12.1 Å². The average Bonchev–Trinajstić information content (AvgIpc) is 2.33. The smallest absolute Gasteiger partial charge is 0.396 e. The zero-order valence-electron chi connectivity index (χ0n) is 9.50. The van der Waals surface area contributed by atoms with Gasteiger partial charge in [0.25, 0.3) is 0 Å². The van der Waals surface area contributed by atoms with E-state index in [1.165, 1.54) is 18.3 Å². The molecule has 0 saturated heterocycles. The molecule has 0 atom stereocenters. The van der Waals surface area contributed by atoms with E-state index in [1.54, 1.807) is 6.20 Å². The molecular weight excluding hydrogens is 323 g/mol. The van der Waals surface area contributed by atoms with Gasteiger partial charge in [0.05, 0.1) is 27.6 Å². The van der Waals surface area contributed by atoms with Crippen molar-refractivity contribution in [2.24, 2.45) is 0 Å². The molecule has 1 aromatic heterocycles. The Kier molecular flexibility index (Phi) is 3.66. The first-order valence-corrected chi connectivity index (χ1v) is 6.00. The predicted molar refractivity (Wildman–Crippen MR) is 71.1 cm³/mol. The Balaban J connectivity index is 2.25. The van der Waals surface area contributed by atoms with Gasteiger partial charge in [-0.1, -0.05) is 0 Å². The Labute approximate surface area is 115 Å². The van der Waals surface area contributed by atoms with Crippen LogP contribution in [0.25, 0.3) is 0 Å². The summed E-state index contributed by atoms with van der Waals surface area (Å²) in [6.07, 6.45) is -1.34. The van der Waals surface area contributed by atoms with E-state index in [4.69, 9.17) is 5.73 Å². The molecule has 3 N–H and O–H groups in total. The van der Waals surface area contributed by atoms with E-state index in [0.29, 0.717) is 21.5 Å². The largest absolute Gasteiger partial charge is 0.416 e. The van der Waals surface area contributed by atoms with Crippen LogP contribution in [0.1, 0.15) is 5.56 Å². The SMILES string of the molecule is Nc1cncc(Br)c1Nc1ccc(C(F)(F)F)cc1. The van der Waals surface area contributed by atoms with Crippen LogP contribution in [0, 0.1) is 0 Å². The standard InChI is InChI=1S/C12H9BrF3N3/c13-9-5-18-6-10(17)11(9)19-8-3-1-7(2-4-8)12(14,15)16/h1-6H,17H2,(H,18,19). The van der Waals surface area contributed by atoms with Gasteiger partial charge in [0.15, 0.2) is 0 Å². The second kappa shape index (κ2) is 5.08. The zero-order valence-corrected chi connectivity index (χ0v) is 11.1. The van der Waals surface area contributed by atoms with E-state index in [9.17, 15) is 13.2 Å². The molecule has 100 valence electrons. The van der Waals surface area contributed by atoms with Crippen molar-refractivity contribution in [3.05, 3.63) is 46.7 Å². The molecule has 2 aromatic rings. The number of nitrogens with zero attached hydrogens (tertiary/aromatic N) is 1. The van der Waals surface area contributed by atoms with Crippen molar-refractivity contribution in [1.82, 2.24) is 4.98 Å². The van der Waals surface area contributed by atoms with Crippen molar-refractivity contribution < 1.29 is 13.2 Å². The van der Waals surface area contributed by atoms with E-state index in [-0.39, 0.29) is 0 Å². The molecule has 0 aliphatic rings. The maximum atomic E-state index is 12.4. The monoisotopic (exact) mass is 331 g/mol. The quantitative estimate of drug-likeness (QED) is 0.867. The minimum Gasteiger partial charge on any atom is -0.396 e. The third-order valence-electron chi connectivity index (χ3n) is 2.41. The lowest BCUT2D eigenvalue weighted by Gasteiger charge is -2.12. The maximum Gasteiger partial charge on any atom is 0.416 e. The highest BCUT2D eigenvalue weighted by atomic mass is 79.9. The van der Waals surface area contributed by atoms with Crippen LogP contribution >= 0.6 is 15.9 Å². The number of alkyl halides is 3. The fraction of sp³-hybridized carbons (Fsp3) is 0.0833. The number of aromatic nitrogens is 1. The van der Waals surface area contributed by atoms with Crippen molar-refractivity contribution in [3.63, 3.8) is 0 Å². The number of rotatable bonds is 2. The first-order valence-electron chi connectivity index (χ1n) is 5.21. The van der Waals surface area contributed by atoms with Crippen LogP contribution in [0.4, 0.5) is 30.2 Å². The second-order valence-corrected chi connectivity index (χ2v) is 4.64. The van der Waals surface area contributed by atoms with Gasteiger partial charge in [-0.2, -0.15) is 13.2 Å². The van der Waals surface area contributed by atoms with Crippen LogP contribution in [0.15, 0.2) is 41.1 Å². The second-order valence-electron chi connectivity index (χ2n) is 3.79. The van der Waals surface area contributed by atoms with Crippen molar-refractivity contribution in [3.8, 4) is 0 Å². The number of hydrogen-bond donors (Lipinski definition) is 2. The van der Waals surface area contributed by atoms with Crippen LogP contribution in [0.3, 0.4) is 0 Å². The molecule has 0 saturated carbocycles. The maximum absolute atomic E-state index is 12.4. The van der Waals surface area contributed by atoms with Crippen molar-refractivity contribution in [2.45, 2.75) is 6.18 Å². The van der Waals surface area contributed by atoms with Gasteiger partial charge in [0.1, 0.15) is 0 Å². The minimum absolute atomic E-state index is 0.397. The van der Waals surface area contributed by atoms with E-state index in [2.05, 4.69) is 26.2 Å². The Morgan fingerprint density at radius 3 is 2.26 bits per heavy atom. The van der Waals surface area contributed by atoms with E-state index < -0.39 is 11.7 Å². The molecule has 7 heteroatoms. The summed E-state index contributed by atoms with van der Waals surface area (Å²) in [5, 5.41) is 2.94. The van der Waals surface area contributed by atoms with Crippen LogP contribution in [0.2, 0.25) is 0 Å². The first kappa shape index (κ1) is 13.7. The normalized spacial score (nSPS) is 11.4. The summed E-state index contributed by atoms with van der Waals surface area (Å²) >= 11 is 3.27. The highest BCUT2D eigenvalue weighted by molar-refractivity contribution is 9.10. The molecule has 1 aromatic carbocycles. The molecule has 0 radical (unpaired) electrons. The lowest BCUT2D eigenvalue weighted by molar-refractivity contribution is -0.137. The van der Waals surface area contributed by atoms with Gasteiger partial charge in [-0.05, 0) is 40.2 Å². The minimum atomic E-state index is -4.34. The number of anilines is 3. The van der Waals surface area contributed by atoms with Gasteiger partial charge in [0, 0.05) is 11.9 Å². The third kappa shape index (κ3) is 3.17. The Bertz CT molecular complexity index is 562. The van der Waals surface area contributed by atoms with Crippen molar-refractivity contribution in [1.29, 1.82) is 0 Å². The van der Waals surface area contributed by atoms with Crippen molar-refractivity contribution in [2.75, 3.05) is 11.1 Å². The Morgan fingerprint density at radius 2 is 1.74 bits per heavy atom. The van der Waals surface area contributed by atoms with E-state index >= 15 is 0 Å². The number of halogens is 4. The summed E-state index contributed by atoms with van der Waals surface area (Å²) in [7, 11) is 0. The summed E-state index contributed by atoms with van der Waals surface area (Å²) in [5.41, 5.74) is 6.51. The number of hydrogen-bond acceptors (Lipinski definition) is 3. The van der Waals surface area contributed by atoms with Gasteiger partial charge in [0.2, 0.25) is 0 Å². The average molecular weight is 332 g/mol. The summed E-state index contributed by atoms with van der Waals surface area (Å²) in [6, 6.07) is 4.70. The van der Waals surface area contributed by atoms with Crippen LogP contribution < -0.4 is 11.1 Å². The first-order chi connectivity index (χ1) is 8.88. The van der Waals surface area contributed by atoms with Crippen LogP contribution in [-0.2, 0) is 6.18 Å². The van der Waals surface area contributed by atoms with Gasteiger partial charge in [-0.3, -0.25) is 4.98 Å². The molecule has 3 nitrogen and oxygen atoms in total. The van der Waals surface area contributed by atoms with Gasteiger partial charge in [-0.25, -0.2) is 0 Å². The van der Waals surface area contributed by atoms with Crippen LogP contribution in [-0.4, -0.2) is 4.98 Å². The molecule has 0 spiro atoms. The molecule has 1 heterocycles. The number of pyridine rings is 1. The summed E-state index contributed by atoms with van der Waals surface area (Å²) in [4.78, 5) is 3.87. The highest BCUT2D eigenvalue weighted by Crippen LogP contribution is 2.33. The number of nitrogens with two attached hydrogens (primary N) is 1. The van der Waals surface area contributed by atoms with E-state index in [1.807, 2.05) is 0 Å². The molecule has 0 aliphatic carbocycles. The lowest BCUT2D eigenvalue weighted by atomic mass is 10.2. The molecule has 2 rings (SSSR count). The summed E-state index contributed by atoms with van der Waals surface area (Å²) in [5.74, 6) is 0. The topological polar surface area (TPSA) is 50.9 Å². The Hall–Kier alpha value is -1.76. The van der Waals surface area contributed by atoms with Crippen molar-refractivity contribution >= 4 is 33.0 Å². The molecular formula is C12H9BrF3N3. The fourth-order valence-electron chi connectivity index (χ4n) is 1.47. The van der Waals surface area contributed by atoms with Gasteiger partial charge in [-0.15, -0.1) is 0 Å². The number of nitrogen functional groups attached to an aromatic ring is 1. The highest BCUT2D eigenvalue weighted by Gasteiger charge is 2.29. The molecule has 19 heavy (non-hydrogen) atoms. The number of nitrogens with one attached hydrogen (secondary N) is 1. The fourth-order valence-corrected chi connectivity index (χ4v) is 1.92. The summed E-state index contributed by atoms with van der Waals surface area (Å²) < 4.78 is 37.9. The molecule has 0 bridgehead atoms. The van der Waals surface area contributed by atoms with Gasteiger partial charge >= 0.3 is 6.18 Å². The third-order valence-corrected chi connectivity index (χ3v) is 3.01. The summed E-state index contributed by atoms with van der Waals surface area (Å²) in [6.45, 7) is 0. The predicted octanol–water partition coefficient (Wildman–Crippen LogP) is 4.19. The Morgan fingerprint density at radius 1 is 1.11 bits per heavy atom. The number of benzene rings is 1. The molecule has 0 unspecified atom stereocenters. The molecule has 0 fully saturated rings. The van der Waals surface area contributed by atoms with Gasteiger partial charge < -0.3 is 11.1 Å². The molecule has 0 aliphatic heterocycles. The zero-order chi connectivity index (χ0) is 14.0. The van der Waals surface area contributed by atoms with Crippen LogP contribution in [0.5, 0.6) is 0 Å².